The minimum absolute atomic E-state index is 0.131. The van der Waals surface area contributed by atoms with Crippen LogP contribution in [0, 0.1) is 5.41 Å². The maximum atomic E-state index is 6.04. The van der Waals surface area contributed by atoms with Crippen molar-refractivity contribution in [3.63, 3.8) is 0 Å². The monoisotopic (exact) mass is 291 g/mol. The first-order chi connectivity index (χ1) is 10.3. The second kappa shape index (κ2) is 6.77. The molecule has 2 aliphatic heterocycles. The van der Waals surface area contributed by atoms with Gasteiger partial charge in [0.15, 0.2) is 0 Å². The van der Waals surface area contributed by atoms with Crippen LogP contribution < -0.4 is 0 Å². The van der Waals surface area contributed by atoms with Crippen molar-refractivity contribution in [1.29, 1.82) is 0 Å². The van der Waals surface area contributed by atoms with Crippen LogP contribution in [0.25, 0.3) is 0 Å². The molecule has 0 spiro atoms. The van der Waals surface area contributed by atoms with E-state index in [2.05, 4.69) is 11.5 Å². The molecule has 0 amide bonds. The number of rotatable bonds is 6. The van der Waals surface area contributed by atoms with Crippen LogP contribution in [0.5, 0.6) is 0 Å². The van der Waals surface area contributed by atoms with E-state index in [0.29, 0.717) is 12.7 Å². The second-order valence-electron chi connectivity index (χ2n) is 6.21. The number of furan rings is 1. The lowest BCUT2D eigenvalue weighted by Gasteiger charge is -2.50. The van der Waals surface area contributed by atoms with Crippen LogP contribution >= 0.6 is 0 Å². The smallest absolute Gasteiger partial charge is 0.117 e. The van der Waals surface area contributed by atoms with Crippen LogP contribution in [-0.2, 0) is 16.0 Å². The largest absolute Gasteiger partial charge is 0.468 e. The minimum Gasteiger partial charge on any atom is -0.468 e. The van der Waals surface area contributed by atoms with Crippen molar-refractivity contribution in [3.05, 3.63) is 36.8 Å². The molecule has 0 saturated carbocycles. The third kappa shape index (κ3) is 3.39. The van der Waals surface area contributed by atoms with E-state index in [1.807, 2.05) is 18.2 Å². The molecular formula is C17H25NO3. The maximum Gasteiger partial charge on any atom is 0.117 e. The zero-order valence-electron chi connectivity index (χ0n) is 12.6. The second-order valence-corrected chi connectivity index (χ2v) is 6.21. The van der Waals surface area contributed by atoms with Crippen LogP contribution in [-0.4, -0.2) is 43.9 Å². The van der Waals surface area contributed by atoms with Crippen molar-refractivity contribution < 1.29 is 13.9 Å². The lowest BCUT2D eigenvalue weighted by molar-refractivity contribution is -0.152. The van der Waals surface area contributed by atoms with E-state index in [0.717, 1.165) is 51.4 Å². The summed E-state index contributed by atoms with van der Waals surface area (Å²) >= 11 is 0. The molecule has 116 valence electrons. The number of likely N-dealkylation sites (tertiary alicyclic amines) is 1. The first kappa shape index (κ1) is 14.8. The molecule has 2 aliphatic rings. The van der Waals surface area contributed by atoms with Gasteiger partial charge < -0.3 is 13.9 Å². The molecule has 0 N–H and O–H groups in total. The van der Waals surface area contributed by atoms with Gasteiger partial charge in [0, 0.05) is 25.1 Å². The topological polar surface area (TPSA) is 34.8 Å². The Balaban J connectivity index is 1.66. The van der Waals surface area contributed by atoms with Gasteiger partial charge in [-0.3, -0.25) is 4.90 Å². The molecule has 0 aromatic carbocycles. The van der Waals surface area contributed by atoms with Gasteiger partial charge in [-0.05, 0) is 31.4 Å². The number of piperidine rings is 1. The third-order valence-corrected chi connectivity index (χ3v) is 4.65. The van der Waals surface area contributed by atoms with E-state index in [9.17, 15) is 0 Å². The highest BCUT2D eigenvalue weighted by molar-refractivity contribution is 5.01. The standard InChI is InChI=1S/C17H25NO3/c1-2-9-19-14-17-7-4-11-21-16(17)6-8-18(13-17)12-15-5-3-10-20-15/h2-3,5,10,16H,1,4,6-9,11-14H2/t16-,17+/m0/s1. The van der Waals surface area contributed by atoms with E-state index < -0.39 is 0 Å². The predicted molar refractivity (Wildman–Crippen MR) is 81.0 cm³/mol. The number of nitrogens with zero attached hydrogens (tertiary/aromatic N) is 1. The summed E-state index contributed by atoms with van der Waals surface area (Å²) in [6, 6.07) is 4.00. The van der Waals surface area contributed by atoms with Crippen LogP contribution in [0.3, 0.4) is 0 Å². The van der Waals surface area contributed by atoms with Crippen molar-refractivity contribution in [2.24, 2.45) is 5.41 Å². The Labute approximate surface area is 126 Å². The van der Waals surface area contributed by atoms with Gasteiger partial charge in [-0.25, -0.2) is 0 Å². The van der Waals surface area contributed by atoms with Crippen LogP contribution in [0.4, 0.5) is 0 Å². The highest BCUT2D eigenvalue weighted by Gasteiger charge is 2.46. The molecule has 3 heterocycles. The number of hydrogen-bond donors (Lipinski definition) is 0. The molecule has 3 rings (SSSR count). The van der Waals surface area contributed by atoms with Gasteiger partial charge >= 0.3 is 0 Å². The van der Waals surface area contributed by atoms with E-state index in [1.165, 1.54) is 6.42 Å². The first-order valence-electron chi connectivity index (χ1n) is 7.87. The molecule has 1 aromatic heterocycles. The predicted octanol–water partition coefficient (Wildman–Crippen LogP) is 2.85. The number of fused-ring (bicyclic) bond motifs is 1. The summed E-state index contributed by atoms with van der Waals surface area (Å²) in [7, 11) is 0. The molecule has 21 heavy (non-hydrogen) atoms. The van der Waals surface area contributed by atoms with Gasteiger partial charge in [0.25, 0.3) is 0 Å². The highest BCUT2D eigenvalue weighted by Crippen LogP contribution is 2.40. The summed E-state index contributed by atoms with van der Waals surface area (Å²) in [5.41, 5.74) is 0.131. The first-order valence-corrected chi connectivity index (χ1v) is 7.87. The van der Waals surface area contributed by atoms with Gasteiger partial charge in [-0.1, -0.05) is 6.08 Å². The van der Waals surface area contributed by atoms with Crippen molar-refractivity contribution in [3.8, 4) is 0 Å². The van der Waals surface area contributed by atoms with Gasteiger partial charge in [0.1, 0.15) is 5.76 Å². The molecule has 0 aliphatic carbocycles. The zero-order chi connectivity index (χ0) is 14.5. The Bertz CT molecular complexity index is 445. The van der Waals surface area contributed by atoms with Gasteiger partial charge in [0.2, 0.25) is 0 Å². The maximum absolute atomic E-state index is 6.04. The van der Waals surface area contributed by atoms with Gasteiger partial charge in [-0.15, -0.1) is 6.58 Å². The fourth-order valence-electron chi connectivity index (χ4n) is 3.70. The summed E-state index contributed by atoms with van der Waals surface area (Å²) in [4.78, 5) is 2.47. The molecule has 2 fully saturated rings. The molecule has 0 bridgehead atoms. The lowest BCUT2D eigenvalue weighted by Crippen LogP contribution is -2.56. The van der Waals surface area contributed by atoms with E-state index in [-0.39, 0.29) is 5.41 Å². The van der Waals surface area contributed by atoms with Gasteiger partial charge in [0.05, 0.1) is 32.1 Å². The SMILES string of the molecule is C=CCOC[C@]12CCCO[C@H]1CCN(Cc1ccco1)C2. The fourth-order valence-corrected chi connectivity index (χ4v) is 3.70. The van der Waals surface area contributed by atoms with Crippen LogP contribution in [0.1, 0.15) is 25.0 Å². The zero-order valence-corrected chi connectivity index (χ0v) is 12.6. The highest BCUT2D eigenvalue weighted by atomic mass is 16.5. The minimum atomic E-state index is 0.131. The normalized spacial score (nSPS) is 30.0. The summed E-state index contributed by atoms with van der Waals surface area (Å²) in [6.45, 7) is 8.97. The van der Waals surface area contributed by atoms with Crippen molar-refractivity contribution in [2.45, 2.75) is 31.9 Å². The molecule has 0 radical (unpaired) electrons. The van der Waals surface area contributed by atoms with Crippen molar-refractivity contribution >= 4 is 0 Å². The molecule has 2 atom stereocenters. The Morgan fingerprint density at radius 2 is 2.48 bits per heavy atom. The summed E-state index contributed by atoms with van der Waals surface area (Å²) in [5, 5.41) is 0. The molecule has 1 aromatic rings. The molecule has 2 saturated heterocycles. The molecule has 0 unspecified atom stereocenters. The summed E-state index contributed by atoms with van der Waals surface area (Å²) < 4.78 is 17.3. The van der Waals surface area contributed by atoms with Crippen LogP contribution in [0.2, 0.25) is 0 Å². The van der Waals surface area contributed by atoms with E-state index >= 15 is 0 Å². The molecular weight excluding hydrogens is 266 g/mol. The average Bonchev–Trinajstić information content (AvgIpc) is 3.00. The molecule has 4 nitrogen and oxygen atoms in total. The lowest BCUT2D eigenvalue weighted by atomic mass is 9.73. The summed E-state index contributed by atoms with van der Waals surface area (Å²) in [5.74, 6) is 1.03. The Morgan fingerprint density at radius 3 is 3.29 bits per heavy atom. The Kier molecular flexibility index (Phi) is 4.78. The number of hydrogen-bond acceptors (Lipinski definition) is 4. The Morgan fingerprint density at radius 1 is 1.52 bits per heavy atom. The molecule has 4 heteroatoms. The summed E-state index contributed by atoms with van der Waals surface area (Å²) in [6.07, 6.45) is 7.29. The van der Waals surface area contributed by atoms with E-state index in [4.69, 9.17) is 13.9 Å². The van der Waals surface area contributed by atoms with Crippen molar-refractivity contribution in [1.82, 2.24) is 4.90 Å². The average molecular weight is 291 g/mol. The number of ether oxygens (including phenoxy) is 2. The van der Waals surface area contributed by atoms with E-state index in [1.54, 1.807) is 6.26 Å². The quantitative estimate of drug-likeness (QED) is 0.596. The third-order valence-electron chi connectivity index (χ3n) is 4.65. The van der Waals surface area contributed by atoms with Gasteiger partial charge in [-0.2, -0.15) is 0 Å². The Hall–Kier alpha value is -1.10. The van der Waals surface area contributed by atoms with Crippen molar-refractivity contribution in [2.75, 3.05) is 32.9 Å². The fraction of sp³-hybridized carbons (Fsp3) is 0.647. The van der Waals surface area contributed by atoms with Crippen LogP contribution in [0.15, 0.2) is 35.5 Å².